The van der Waals surface area contributed by atoms with Crippen molar-refractivity contribution in [1.82, 2.24) is 4.90 Å². The number of ether oxygens (including phenoxy) is 2. The zero-order valence-corrected chi connectivity index (χ0v) is 20.1. The molecule has 6 nitrogen and oxygen atoms in total. The first-order valence-corrected chi connectivity index (χ1v) is 11.5. The predicted octanol–water partition coefficient (Wildman–Crippen LogP) is 5.48. The first kappa shape index (κ1) is 23.4. The number of rotatable bonds is 9. The van der Waals surface area contributed by atoms with Gasteiger partial charge >= 0.3 is 0 Å². The maximum Gasteiger partial charge on any atom is 0.258 e. The zero-order chi connectivity index (χ0) is 24.1. The monoisotopic (exact) mass is 457 g/mol. The van der Waals surface area contributed by atoms with Crippen molar-refractivity contribution < 1.29 is 14.3 Å². The standard InChI is InChI=1S/C28H31N3O3/c1-5-15-31(2)18-19-11-13-21(14-12-19)29-27(20-9-7-6-8-10-20)26-22-16-24(33-3)25(34-4)17-23(22)30-28(26)32/h6-14,16-17,29H,5,15,18H2,1-4H3,(H,30,32)/b27-26-. The van der Waals surface area contributed by atoms with E-state index in [0.717, 1.165) is 42.0 Å². The number of methoxy groups -OCH3 is 2. The summed E-state index contributed by atoms with van der Waals surface area (Å²) in [5.41, 5.74) is 5.84. The Labute approximate surface area is 201 Å². The Kier molecular flexibility index (Phi) is 7.18. The molecule has 2 N–H and O–H groups in total. The van der Waals surface area contributed by atoms with Crippen molar-refractivity contribution in [2.24, 2.45) is 0 Å². The predicted molar refractivity (Wildman–Crippen MR) is 138 cm³/mol. The van der Waals surface area contributed by atoms with E-state index < -0.39 is 0 Å². The molecule has 6 heteroatoms. The molecular weight excluding hydrogens is 426 g/mol. The Balaban J connectivity index is 1.75. The molecule has 0 saturated carbocycles. The maximum atomic E-state index is 13.2. The van der Waals surface area contributed by atoms with Crippen LogP contribution in [0.5, 0.6) is 11.5 Å². The molecule has 0 bridgehead atoms. The fourth-order valence-corrected chi connectivity index (χ4v) is 4.24. The van der Waals surface area contributed by atoms with Crippen LogP contribution in [-0.4, -0.2) is 38.6 Å². The number of amides is 1. The molecule has 3 aromatic rings. The second-order valence-electron chi connectivity index (χ2n) is 8.38. The lowest BCUT2D eigenvalue weighted by Gasteiger charge is -2.17. The number of carbonyl (C=O) groups excluding carboxylic acids is 1. The van der Waals surface area contributed by atoms with E-state index in [2.05, 4.69) is 53.8 Å². The van der Waals surface area contributed by atoms with E-state index in [0.29, 0.717) is 22.8 Å². The number of nitrogens with zero attached hydrogens (tertiary/aromatic N) is 1. The van der Waals surface area contributed by atoms with Gasteiger partial charge in [0.05, 0.1) is 31.2 Å². The summed E-state index contributed by atoms with van der Waals surface area (Å²) in [4.78, 5) is 15.5. The van der Waals surface area contributed by atoms with Crippen LogP contribution in [0.3, 0.4) is 0 Å². The quantitative estimate of drug-likeness (QED) is 0.417. The van der Waals surface area contributed by atoms with Crippen molar-refractivity contribution >= 4 is 28.6 Å². The minimum atomic E-state index is -0.172. The normalized spacial score (nSPS) is 14.0. The molecule has 176 valence electrons. The number of anilines is 2. The molecule has 0 atom stereocenters. The van der Waals surface area contributed by atoms with Gasteiger partial charge in [-0.25, -0.2) is 0 Å². The van der Waals surface area contributed by atoms with Crippen LogP contribution in [0.15, 0.2) is 66.7 Å². The molecular formula is C28H31N3O3. The Hall–Kier alpha value is -3.77. The van der Waals surface area contributed by atoms with Crippen LogP contribution in [0.25, 0.3) is 11.3 Å². The third kappa shape index (κ3) is 4.92. The van der Waals surface area contributed by atoms with Crippen molar-refractivity contribution in [3.8, 4) is 11.5 Å². The van der Waals surface area contributed by atoms with Gasteiger partial charge in [0, 0.05) is 23.9 Å². The average Bonchev–Trinajstić information content (AvgIpc) is 3.17. The van der Waals surface area contributed by atoms with E-state index in [1.807, 2.05) is 36.4 Å². The van der Waals surface area contributed by atoms with E-state index in [1.165, 1.54) is 5.56 Å². The van der Waals surface area contributed by atoms with Gasteiger partial charge in [-0.15, -0.1) is 0 Å². The summed E-state index contributed by atoms with van der Waals surface area (Å²) in [6.45, 7) is 4.15. The number of hydrogen-bond acceptors (Lipinski definition) is 5. The van der Waals surface area contributed by atoms with Gasteiger partial charge in [-0.05, 0) is 49.3 Å². The molecule has 1 aliphatic rings. The first-order valence-electron chi connectivity index (χ1n) is 11.5. The lowest BCUT2D eigenvalue weighted by molar-refractivity contribution is -0.110. The van der Waals surface area contributed by atoms with Gasteiger partial charge in [0.2, 0.25) is 0 Å². The fourth-order valence-electron chi connectivity index (χ4n) is 4.24. The van der Waals surface area contributed by atoms with Crippen LogP contribution < -0.4 is 20.1 Å². The van der Waals surface area contributed by atoms with Crippen LogP contribution in [0.1, 0.15) is 30.0 Å². The van der Waals surface area contributed by atoms with Crippen molar-refractivity contribution in [3.63, 3.8) is 0 Å². The second-order valence-corrected chi connectivity index (χ2v) is 8.38. The maximum absolute atomic E-state index is 13.2. The summed E-state index contributed by atoms with van der Waals surface area (Å²) >= 11 is 0. The van der Waals surface area contributed by atoms with Crippen LogP contribution in [0.4, 0.5) is 11.4 Å². The van der Waals surface area contributed by atoms with Gasteiger partial charge < -0.3 is 25.0 Å². The topological polar surface area (TPSA) is 62.8 Å². The third-order valence-corrected chi connectivity index (χ3v) is 5.86. The van der Waals surface area contributed by atoms with Gasteiger partial charge in [-0.2, -0.15) is 0 Å². The average molecular weight is 458 g/mol. The molecule has 1 heterocycles. The van der Waals surface area contributed by atoms with Gasteiger partial charge in [-0.1, -0.05) is 49.4 Å². The second kappa shape index (κ2) is 10.4. The number of benzene rings is 3. The molecule has 3 aromatic carbocycles. The highest BCUT2D eigenvalue weighted by Crippen LogP contribution is 2.43. The lowest BCUT2D eigenvalue weighted by Crippen LogP contribution is -2.18. The van der Waals surface area contributed by atoms with E-state index >= 15 is 0 Å². The van der Waals surface area contributed by atoms with Crippen LogP contribution in [-0.2, 0) is 11.3 Å². The Morgan fingerprint density at radius 1 is 0.971 bits per heavy atom. The van der Waals surface area contributed by atoms with Gasteiger partial charge in [0.15, 0.2) is 11.5 Å². The highest BCUT2D eigenvalue weighted by Gasteiger charge is 2.30. The van der Waals surface area contributed by atoms with Crippen molar-refractivity contribution in [2.75, 3.05) is 38.4 Å². The summed E-state index contributed by atoms with van der Waals surface area (Å²) < 4.78 is 10.9. The molecule has 4 rings (SSSR count). The van der Waals surface area contributed by atoms with Crippen LogP contribution in [0.2, 0.25) is 0 Å². The minimum absolute atomic E-state index is 0.172. The van der Waals surface area contributed by atoms with Gasteiger partial charge in [-0.3, -0.25) is 4.79 Å². The van der Waals surface area contributed by atoms with Gasteiger partial charge in [0.1, 0.15) is 0 Å². The Bertz CT molecular complexity index is 1190. The minimum Gasteiger partial charge on any atom is -0.493 e. The molecule has 34 heavy (non-hydrogen) atoms. The third-order valence-electron chi connectivity index (χ3n) is 5.86. The van der Waals surface area contributed by atoms with Crippen LogP contribution >= 0.6 is 0 Å². The molecule has 0 aliphatic carbocycles. The van der Waals surface area contributed by atoms with E-state index in [1.54, 1.807) is 20.3 Å². The molecule has 0 unspecified atom stereocenters. The molecule has 0 spiro atoms. The summed E-state index contributed by atoms with van der Waals surface area (Å²) in [7, 11) is 5.30. The van der Waals surface area contributed by atoms with Crippen molar-refractivity contribution in [1.29, 1.82) is 0 Å². The summed E-state index contributed by atoms with van der Waals surface area (Å²) in [6.07, 6.45) is 1.13. The number of hydrogen-bond donors (Lipinski definition) is 2. The molecule has 0 saturated heterocycles. The largest absolute Gasteiger partial charge is 0.493 e. The van der Waals surface area contributed by atoms with Crippen molar-refractivity contribution in [2.45, 2.75) is 19.9 Å². The molecule has 1 aliphatic heterocycles. The van der Waals surface area contributed by atoms with E-state index in [4.69, 9.17) is 9.47 Å². The Morgan fingerprint density at radius 2 is 1.65 bits per heavy atom. The summed E-state index contributed by atoms with van der Waals surface area (Å²) in [6, 6.07) is 21.9. The van der Waals surface area contributed by atoms with E-state index in [-0.39, 0.29) is 5.91 Å². The first-order chi connectivity index (χ1) is 16.5. The summed E-state index contributed by atoms with van der Waals surface area (Å²) in [5.74, 6) is 0.971. The smallest absolute Gasteiger partial charge is 0.258 e. The highest BCUT2D eigenvalue weighted by atomic mass is 16.5. The SMILES string of the molecule is CCCN(C)Cc1ccc(N/C(=C2\C(=O)Nc3cc(OC)c(OC)cc32)c2ccccc2)cc1. The number of fused-ring (bicyclic) bond motifs is 1. The molecule has 1 amide bonds. The van der Waals surface area contributed by atoms with Crippen LogP contribution in [0, 0.1) is 0 Å². The van der Waals surface area contributed by atoms with E-state index in [9.17, 15) is 4.79 Å². The van der Waals surface area contributed by atoms with Crippen molar-refractivity contribution in [3.05, 3.63) is 83.4 Å². The van der Waals surface area contributed by atoms with Gasteiger partial charge in [0.25, 0.3) is 5.91 Å². The highest BCUT2D eigenvalue weighted by molar-refractivity contribution is 6.37. The zero-order valence-electron chi connectivity index (χ0n) is 20.1. The Morgan fingerprint density at radius 3 is 2.29 bits per heavy atom. The molecule has 0 radical (unpaired) electrons. The lowest BCUT2D eigenvalue weighted by atomic mass is 9.99. The summed E-state index contributed by atoms with van der Waals surface area (Å²) in [5, 5.41) is 6.49. The fraction of sp³-hybridized carbons (Fsp3) is 0.250. The number of nitrogens with one attached hydrogen (secondary N) is 2. The molecule has 0 aromatic heterocycles. The molecule has 0 fully saturated rings. The number of carbonyl (C=O) groups is 1.